The zero-order valence-corrected chi connectivity index (χ0v) is 14.7. The first-order valence-corrected chi connectivity index (χ1v) is 8.56. The van der Waals surface area contributed by atoms with Gasteiger partial charge in [0.2, 0.25) is 0 Å². The van der Waals surface area contributed by atoms with Gasteiger partial charge in [0.05, 0.1) is 22.7 Å². The van der Waals surface area contributed by atoms with E-state index in [9.17, 15) is 9.59 Å². The Hall–Kier alpha value is -4.24. The van der Waals surface area contributed by atoms with Crippen LogP contribution in [0.15, 0.2) is 83.7 Å². The minimum atomic E-state index is -0.462. The molecule has 0 aliphatic heterocycles. The van der Waals surface area contributed by atoms with E-state index >= 15 is 0 Å². The molecule has 0 saturated heterocycles. The zero-order valence-electron chi connectivity index (χ0n) is 14.7. The van der Waals surface area contributed by atoms with Crippen LogP contribution in [0.25, 0.3) is 16.5 Å². The van der Waals surface area contributed by atoms with Crippen LogP contribution in [-0.4, -0.2) is 15.7 Å². The van der Waals surface area contributed by atoms with Crippen molar-refractivity contribution in [2.45, 2.75) is 0 Å². The Bertz CT molecular complexity index is 1290. The fourth-order valence-corrected chi connectivity index (χ4v) is 2.96. The van der Waals surface area contributed by atoms with Crippen LogP contribution in [0, 0.1) is 11.3 Å². The number of aromatic nitrogens is 2. The van der Waals surface area contributed by atoms with E-state index in [1.807, 2.05) is 12.1 Å². The largest absolute Gasteiger partial charge is 0.321 e. The lowest BCUT2D eigenvalue weighted by Crippen LogP contribution is -2.26. The molecular formula is C22H14N4O2. The lowest BCUT2D eigenvalue weighted by atomic mass is 10.1. The SMILES string of the molecule is N#Cc1cccc(NC(=O)c2nn(-c3ccccc3)c(=O)c3ccccc23)c1. The highest BCUT2D eigenvalue weighted by atomic mass is 16.2. The van der Waals surface area contributed by atoms with Gasteiger partial charge in [-0.3, -0.25) is 9.59 Å². The molecule has 1 amide bonds. The van der Waals surface area contributed by atoms with E-state index in [2.05, 4.69) is 10.4 Å². The molecule has 0 aliphatic rings. The van der Waals surface area contributed by atoms with Gasteiger partial charge in [0.25, 0.3) is 11.5 Å². The number of carbonyl (C=O) groups excluding carboxylic acids is 1. The second kappa shape index (κ2) is 7.17. The molecule has 0 atom stereocenters. The molecule has 1 N–H and O–H groups in total. The summed E-state index contributed by atoms with van der Waals surface area (Å²) in [5.74, 6) is -0.462. The molecule has 6 nitrogen and oxygen atoms in total. The summed E-state index contributed by atoms with van der Waals surface area (Å²) in [6.45, 7) is 0. The lowest BCUT2D eigenvalue weighted by Gasteiger charge is -2.11. The first-order valence-electron chi connectivity index (χ1n) is 8.56. The first kappa shape index (κ1) is 17.2. The van der Waals surface area contributed by atoms with Gasteiger partial charge in [-0.1, -0.05) is 42.5 Å². The molecule has 134 valence electrons. The molecule has 1 aromatic heterocycles. The molecule has 0 fully saturated rings. The Morgan fingerprint density at radius 1 is 0.929 bits per heavy atom. The predicted octanol–water partition coefficient (Wildman–Crippen LogP) is 3.51. The van der Waals surface area contributed by atoms with E-state index in [0.29, 0.717) is 27.7 Å². The molecule has 0 saturated carbocycles. The van der Waals surface area contributed by atoms with E-state index in [0.717, 1.165) is 0 Å². The number of fused-ring (bicyclic) bond motifs is 1. The molecule has 4 aromatic rings. The van der Waals surface area contributed by atoms with Gasteiger partial charge in [0.15, 0.2) is 5.69 Å². The molecular weight excluding hydrogens is 352 g/mol. The molecule has 0 spiro atoms. The fraction of sp³-hybridized carbons (Fsp3) is 0. The number of nitrogens with one attached hydrogen (secondary N) is 1. The molecule has 4 rings (SSSR count). The summed E-state index contributed by atoms with van der Waals surface area (Å²) in [6, 6.07) is 24.4. The maximum absolute atomic E-state index is 13.0. The van der Waals surface area contributed by atoms with Gasteiger partial charge in [-0.05, 0) is 36.4 Å². The maximum atomic E-state index is 13.0. The van der Waals surface area contributed by atoms with Gasteiger partial charge in [-0.15, -0.1) is 0 Å². The number of nitriles is 1. The van der Waals surface area contributed by atoms with Gasteiger partial charge in [-0.25, -0.2) is 0 Å². The first-order chi connectivity index (χ1) is 13.7. The van der Waals surface area contributed by atoms with Gasteiger partial charge in [0, 0.05) is 11.1 Å². The second-order valence-electron chi connectivity index (χ2n) is 6.09. The van der Waals surface area contributed by atoms with Crippen LogP contribution in [0.4, 0.5) is 5.69 Å². The van der Waals surface area contributed by atoms with Gasteiger partial charge >= 0.3 is 0 Å². The predicted molar refractivity (Wildman–Crippen MR) is 106 cm³/mol. The number of hydrogen-bond acceptors (Lipinski definition) is 4. The van der Waals surface area contributed by atoms with E-state index in [1.165, 1.54) is 4.68 Å². The summed E-state index contributed by atoms with van der Waals surface area (Å²) < 4.78 is 1.23. The van der Waals surface area contributed by atoms with Gasteiger partial charge in [-0.2, -0.15) is 15.0 Å². The van der Waals surface area contributed by atoms with Crippen LogP contribution in [0.2, 0.25) is 0 Å². The standard InChI is InChI=1S/C22H14N4O2/c23-14-15-7-6-8-16(13-15)24-21(27)20-18-11-4-5-12-19(18)22(28)26(25-20)17-9-2-1-3-10-17/h1-13H,(H,24,27). The molecule has 0 bridgehead atoms. The summed E-state index contributed by atoms with van der Waals surface area (Å²) in [4.78, 5) is 25.8. The van der Waals surface area contributed by atoms with Gasteiger partial charge < -0.3 is 5.32 Å². The Morgan fingerprint density at radius 2 is 1.64 bits per heavy atom. The Labute approximate surface area is 160 Å². The second-order valence-corrected chi connectivity index (χ2v) is 6.09. The van der Waals surface area contributed by atoms with Crippen molar-refractivity contribution >= 4 is 22.4 Å². The lowest BCUT2D eigenvalue weighted by molar-refractivity contribution is 0.102. The number of carbonyl (C=O) groups is 1. The summed E-state index contributed by atoms with van der Waals surface area (Å²) in [6.07, 6.45) is 0. The van der Waals surface area contributed by atoms with Crippen LogP contribution >= 0.6 is 0 Å². The van der Waals surface area contributed by atoms with Crippen molar-refractivity contribution in [1.82, 2.24) is 9.78 Å². The summed E-state index contributed by atoms with van der Waals surface area (Å²) in [7, 11) is 0. The van der Waals surface area contributed by atoms with Crippen LogP contribution in [0.3, 0.4) is 0 Å². The number of anilines is 1. The minimum Gasteiger partial charge on any atom is -0.321 e. The van der Waals surface area contributed by atoms with Crippen molar-refractivity contribution in [3.05, 3.63) is 100 Å². The maximum Gasteiger partial charge on any atom is 0.279 e. The van der Waals surface area contributed by atoms with Crippen molar-refractivity contribution in [1.29, 1.82) is 5.26 Å². The van der Waals surface area contributed by atoms with Crippen LogP contribution < -0.4 is 10.9 Å². The van der Waals surface area contributed by atoms with Crippen LogP contribution in [-0.2, 0) is 0 Å². The molecule has 6 heteroatoms. The molecule has 1 heterocycles. The number of benzene rings is 3. The third-order valence-corrected chi connectivity index (χ3v) is 4.27. The normalized spacial score (nSPS) is 10.4. The quantitative estimate of drug-likeness (QED) is 0.601. The average molecular weight is 366 g/mol. The molecule has 28 heavy (non-hydrogen) atoms. The van der Waals surface area contributed by atoms with Crippen LogP contribution in [0.1, 0.15) is 16.1 Å². The molecule has 0 aliphatic carbocycles. The number of para-hydroxylation sites is 1. The average Bonchev–Trinajstić information content (AvgIpc) is 2.75. The van der Waals surface area contributed by atoms with E-state index in [-0.39, 0.29) is 11.3 Å². The molecule has 0 unspecified atom stereocenters. The number of amides is 1. The summed E-state index contributed by atoms with van der Waals surface area (Å²) in [5.41, 5.74) is 1.31. The number of rotatable bonds is 3. The number of hydrogen-bond donors (Lipinski definition) is 1. The van der Waals surface area contributed by atoms with Crippen molar-refractivity contribution < 1.29 is 4.79 Å². The van der Waals surface area contributed by atoms with Gasteiger partial charge in [0.1, 0.15) is 0 Å². The topological polar surface area (TPSA) is 87.8 Å². The monoisotopic (exact) mass is 366 g/mol. The van der Waals surface area contributed by atoms with E-state index in [4.69, 9.17) is 5.26 Å². The summed E-state index contributed by atoms with van der Waals surface area (Å²) in [5, 5.41) is 17.0. The third kappa shape index (κ3) is 3.13. The molecule has 3 aromatic carbocycles. The minimum absolute atomic E-state index is 0.126. The van der Waals surface area contributed by atoms with Crippen LogP contribution in [0.5, 0.6) is 0 Å². The van der Waals surface area contributed by atoms with Crippen molar-refractivity contribution in [2.75, 3.05) is 5.32 Å². The highest BCUT2D eigenvalue weighted by Gasteiger charge is 2.17. The Balaban J connectivity index is 1.86. The van der Waals surface area contributed by atoms with Crippen molar-refractivity contribution in [3.63, 3.8) is 0 Å². The summed E-state index contributed by atoms with van der Waals surface area (Å²) >= 11 is 0. The Morgan fingerprint density at radius 3 is 2.39 bits per heavy atom. The number of nitrogens with zero attached hydrogens (tertiary/aromatic N) is 3. The third-order valence-electron chi connectivity index (χ3n) is 4.27. The van der Waals surface area contributed by atoms with Crippen molar-refractivity contribution in [3.8, 4) is 11.8 Å². The fourth-order valence-electron chi connectivity index (χ4n) is 2.96. The highest BCUT2D eigenvalue weighted by Crippen LogP contribution is 2.17. The Kier molecular flexibility index (Phi) is 4.40. The molecule has 0 radical (unpaired) electrons. The van der Waals surface area contributed by atoms with E-state index < -0.39 is 5.91 Å². The van der Waals surface area contributed by atoms with E-state index in [1.54, 1.807) is 72.8 Å². The zero-order chi connectivity index (χ0) is 19.5. The van der Waals surface area contributed by atoms with Crippen molar-refractivity contribution in [2.24, 2.45) is 0 Å². The smallest absolute Gasteiger partial charge is 0.279 e. The highest BCUT2D eigenvalue weighted by molar-refractivity contribution is 6.11.